The molecule has 5 heteroatoms. The fraction of sp³-hybridized carbons (Fsp3) is 0.444. The monoisotopic (exact) mass is 317 g/mol. The summed E-state index contributed by atoms with van der Waals surface area (Å²) < 4.78 is 4.97. The van der Waals surface area contributed by atoms with E-state index in [1.165, 1.54) is 4.90 Å². The summed E-state index contributed by atoms with van der Waals surface area (Å²) in [6.45, 7) is 2.12. The molecule has 23 heavy (non-hydrogen) atoms. The number of allylic oxidation sites excluding steroid dienone is 2. The van der Waals surface area contributed by atoms with E-state index in [1.54, 1.807) is 31.2 Å². The highest BCUT2D eigenvalue weighted by Crippen LogP contribution is 2.23. The van der Waals surface area contributed by atoms with Gasteiger partial charge in [-0.1, -0.05) is 30.4 Å². The van der Waals surface area contributed by atoms with Gasteiger partial charge in [0, 0.05) is 18.0 Å². The normalized spacial score (nSPS) is 16.8. The Hall–Kier alpha value is -2.30. The number of rotatable bonds is 6. The van der Waals surface area contributed by atoms with Crippen molar-refractivity contribution in [3.05, 3.63) is 42.0 Å². The van der Waals surface area contributed by atoms with Crippen LogP contribution < -0.4 is 0 Å². The Balaban J connectivity index is 2.13. The van der Waals surface area contributed by atoms with Crippen LogP contribution in [0.2, 0.25) is 0 Å². The number of ether oxygens (including phenoxy) is 1. The van der Waals surface area contributed by atoms with Gasteiger partial charge >= 0.3 is 5.97 Å². The average molecular weight is 317 g/mol. The highest BCUT2D eigenvalue weighted by atomic mass is 16.5. The van der Waals surface area contributed by atoms with Gasteiger partial charge in [-0.3, -0.25) is 9.59 Å². The van der Waals surface area contributed by atoms with Crippen LogP contribution in [0, 0.1) is 5.92 Å². The lowest BCUT2D eigenvalue weighted by molar-refractivity contribution is -0.150. The number of carbonyl (C=O) groups excluding carboxylic acids is 2. The molecule has 0 fully saturated rings. The number of benzene rings is 1. The average Bonchev–Trinajstić information content (AvgIpc) is 2.56. The van der Waals surface area contributed by atoms with E-state index in [9.17, 15) is 14.7 Å². The van der Waals surface area contributed by atoms with E-state index in [-0.39, 0.29) is 37.3 Å². The summed E-state index contributed by atoms with van der Waals surface area (Å²) in [4.78, 5) is 26.1. The highest BCUT2D eigenvalue weighted by molar-refractivity contribution is 5.84. The maximum atomic E-state index is 12.8. The lowest BCUT2D eigenvalue weighted by atomic mass is 9.93. The highest BCUT2D eigenvalue weighted by Gasteiger charge is 2.27. The maximum absolute atomic E-state index is 12.8. The first-order valence-electron chi connectivity index (χ1n) is 7.98. The van der Waals surface area contributed by atoms with Crippen molar-refractivity contribution in [1.82, 2.24) is 4.90 Å². The second-order valence-corrected chi connectivity index (χ2v) is 5.61. The molecule has 1 aliphatic carbocycles. The van der Waals surface area contributed by atoms with Crippen LogP contribution in [-0.2, 0) is 20.9 Å². The Kier molecular flexibility index (Phi) is 6.20. The number of aromatic hydroxyl groups is 1. The number of hydrogen-bond donors (Lipinski definition) is 1. The Morgan fingerprint density at radius 1 is 1.30 bits per heavy atom. The van der Waals surface area contributed by atoms with E-state index in [4.69, 9.17) is 4.74 Å². The summed E-state index contributed by atoms with van der Waals surface area (Å²) in [6, 6.07) is 6.85. The van der Waals surface area contributed by atoms with Crippen LogP contribution in [0.4, 0.5) is 0 Å². The van der Waals surface area contributed by atoms with Crippen molar-refractivity contribution in [3.63, 3.8) is 0 Å². The number of para-hydroxylation sites is 1. The van der Waals surface area contributed by atoms with Gasteiger partial charge in [-0.15, -0.1) is 0 Å². The molecule has 2 rings (SSSR count). The minimum Gasteiger partial charge on any atom is -0.508 e. The Morgan fingerprint density at radius 3 is 2.74 bits per heavy atom. The molecule has 0 saturated carbocycles. The lowest BCUT2D eigenvalue weighted by Gasteiger charge is -2.27. The van der Waals surface area contributed by atoms with Crippen LogP contribution in [0.1, 0.15) is 31.7 Å². The van der Waals surface area contributed by atoms with Gasteiger partial charge in [0.05, 0.1) is 6.61 Å². The molecular weight excluding hydrogens is 294 g/mol. The standard InChI is InChI=1S/C18H23NO4/c1-2-23-17(21)13-19(12-15-10-6-7-11-16(15)20)18(22)14-8-4-3-5-9-14/h3-4,6-7,10-11,14,20H,2,5,8-9,12-13H2,1H3/t14-/m1/s1. The minimum absolute atomic E-state index is 0.0642. The first-order valence-corrected chi connectivity index (χ1v) is 7.98. The molecule has 1 atom stereocenters. The van der Waals surface area contributed by atoms with Gasteiger partial charge in [-0.25, -0.2) is 0 Å². The minimum atomic E-state index is -0.428. The molecular formula is C18H23NO4. The van der Waals surface area contributed by atoms with Crippen LogP contribution in [0.15, 0.2) is 36.4 Å². The number of esters is 1. The van der Waals surface area contributed by atoms with Crippen LogP contribution >= 0.6 is 0 Å². The molecule has 1 aromatic rings. The molecule has 0 radical (unpaired) electrons. The van der Waals surface area contributed by atoms with Crippen molar-refractivity contribution in [2.45, 2.75) is 32.7 Å². The summed E-state index contributed by atoms with van der Waals surface area (Å²) in [5.74, 6) is -0.480. The lowest BCUT2D eigenvalue weighted by Crippen LogP contribution is -2.40. The van der Waals surface area contributed by atoms with E-state index in [2.05, 4.69) is 6.08 Å². The number of nitrogens with zero attached hydrogens (tertiary/aromatic N) is 1. The molecule has 0 unspecified atom stereocenters. The fourth-order valence-corrected chi connectivity index (χ4v) is 2.70. The molecule has 0 saturated heterocycles. The van der Waals surface area contributed by atoms with Crippen LogP contribution in [0.3, 0.4) is 0 Å². The molecule has 124 valence electrons. The van der Waals surface area contributed by atoms with Crippen LogP contribution in [0.5, 0.6) is 5.75 Å². The first-order chi connectivity index (χ1) is 11.1. The predicted octanol–water partition coefficient (Wildman–Crippen LogP) is 2.64. The first kappa shape index (κ1) is 17.1. The van der Waals surface area contributed by atoms with Gasteiger partial charge in [0.2, 0.25) is 5.91 Å². The summed E-state index contributed by atoms with van der Waals surface area (Å²) in [5, 5.41) is 9.92. The second-order valence-electron chi connectivity index (χ2n) is 5.61. The van der Waals surface area contributed by atoms with Crippen molar-refractivity contribution in [3.8, 4) is 5.75 Å². The Labute approximate surface area is 136 Å². The van der Waals surface area contributed by atoms with Gasteiger partial charge in [0.25, 0.3) is 0 Å². The van der Waals surface area contributed by atoms with Crippen LogP contribution in [0.25, 0.3) is 0 Å². The summed E-state index contributed by atoms with van der Waals surface area (Å²) in [7, 11) is 0. The number of phenols is 1. The van der Waals surface area contributed by atoms with E-state index in [0.29, 0.717) is 12.0 Å². The van der Waals surface area contributed by atoms with Gasteiger partial charge in [-0.05, 0) is 32.3 Å². The van der Waals surface area contributed by atoms with Crippen molar-refractivity contribution in [1.29, 1.82) is 0 Å². The predicted molar refractivity (Wildman–Crippen MR) is 86.6 cm³/mol. The topological polar surface area (TPSA) is 66.8 Å². The van der Waals surface area contributed by atoms with E-state index < -0.39 is 5.97 Å². The molecule has 1 amide bonds. The maximum Gasteiger partial charge on any atom is 0.325 e. The zero-order chi connectivity index (χ0) is 16.7. The number of phenolic OH excluding ortho intramolecular Hbond substituents is 1. The number of carbonyl (C=O) groups is 2. The molecule has 0 bridgehead atoms. The summed E-state index contributed by atoms with van der Waals surface area (Å²) in [6.07, 6.45) is 6.44. The summed E-state index contributed by atoms with van der Waals surface area (Å²) in [5.41, 5.74) is 0.622. The third-order valence-electron chi connectivity index (χ3n) is 3.91. The molecule has 0 spiro atoms. The van der Waals surface area contributed by atoms with Gasteiger partial charge in [0.15, 0.2) is 0 Å². The van der Waals surface area contributed by atoms with Crippen molar-refractivity contribution < 1.29 is 19.4 Å². The molecule has 5 nitrogen and oxygen atoms in total. The van der Waals surface area contributed by atoms with Crippen molar-refractivity contribution >= 4 is 11.9 Å². The third-order valence-corrected chi connectivity index (χ3v) is 3.91. The zero-order valence-electron chi connectivity index (χ0n) is 13.4. The van der Waals surface area contributed by atoms with Crippen LogP contribution in [-0.4, -0.2) is 35.0 Å². The van der Waals surface area contributed by atoms with Gasteiger partial charge < -0.3 is 14.7 Å². The van der Waals surface area contributed by atoms with Crippen molar-refractivity contribution in [2.75, 3.05) is 13.2 Å². The molecule has 0 aliphatic heterocycles. The smallest absolute Gasteiger partial charge is 0.325 e. The number of hydrogen-bond acceptors (Lipinski definition) is 4. The molecule has 0 heterocycles. The molecule has 1 aliphatic rings. The molecule has 0 aromatic heterocycles. The molecule has 1 aromatic carbocycles. The van der Waals surface area contributed by atoms with Gasteiger partial charge in [-0.2, -0.15) is 0 Å². The quantitative estimate of drug-likeness (QED) is 0.647. The fourth-order valence-electron chi connectivity index (χ4n) is 2.70. The van der Waals surface area contributed by atoms with E-state index in [1.807, 2.05) is 6.08 Å². The summed E-state index contributed by atoms with van der Waals surface area (Å²) >= 11 is 0. The second kappa shape index (κ2) is 8.36. The molecule has 1 N–H and O–H groups in total. The third kappa shape index (κ3) is 4.84. The largest absolute Gasteiger partial charge is 0.508 e. The van der Waals surface area contributed by atoms with Crippen molar-refractivity contribution in [2.24, 2.45) is 5.92 Å². The van der Waals surface area contributed by atoms with E-state index in [0.717, 1.165) is 12.8 Å². The zero-order valence-corrected chi connectivity index (χ0v) is 13.4. The number of amides is 1. The van der Waals surface area contributed by atoms with E-state index >= 15 is 0 Å². The Morgan fingerprint density at radius 2 is 2.09 bits per heavy atom. The SMILES string of the molecule is CCOC(=O)CN(Cc1ccccc1O)C(=O)[C@@H]1CC=CCC1. The van der Waals surface area contributed by atoms with Gasteiger partial charge in [0.1, 0.15) is 12.3 Å². The Bertz CT molecular complexity index is 582.